The molecule has 6 heteroatoms. The van der Waals surface area contributed by atoms with Crippen LogP contribution in [0.4, 0.5) is 0 Å². The van der Waals surface area contributed by atoms with Crippen molar-refractivity contribution in [2.45, 2.75) is 26.9 Å². The van der Waals surface area contributed by atoms with E-state index in [9.17, 15) is 9.59 Å². The van der Waals surface area contributed by atoms with Gasteiger partial charge in [-0.05, 0) is 48.9 Å². The van der Waals surface area contributed by atoms with Gasteiger partial charge in [0.1, 0.15) is 13.1 Å². The molecule has 0 saturated heterocycles. The molecule has 0 radical (unpaired) electrons. The van der Waals surface area contributed by atoms with Gasteiger partial charge in [-0.15, -0.1) is 0 Å². The Kier molecular flexibility index (Phi) is 4.61. The normalized spacial score (nSPS) is 11.1. The summed E-state index contributed by atoms with van der Waals surface area (Å²) in [6, 6.07) is 19.9. The lowest BCUT2D eigenvalue weighted by atomic mass is 10.2. The first-order valence-corrected chi connectivity index (χ1v) is 9.20. The summed E-state index contributed by atoms with van der Waals surface area (Å²) in [6.45, 7) is 4.22. The molecule has 0 atom stereocenters. The van der Waals surface area contributed by atoms with Crippen molar-refractivity contribution in [3.05, 3.63) is 72.1 Å². The quantitative estimate of drug-likeness (QED) is 0.539. The molecular formula is C22H22N4O2. The highest BCUT2D eigenvalue weighted by molar-refractivity contribution is 5.87. The summed E-state index contributed by atoms with van der Waals surface area (Å²) in [5.74, 6) is -0.543. The first-order valence-electron chi connectivity index (χ1n) is 9.20. The Bertz CT molecular complexity index is 1090. The molecule has 4 aromatic rings. The molecule has 28 heavy (non-hydrogen) atoms. The average molecular weight is 374 g/mol. The molecule has 2 aromatic heterocycles. The predicted molar refractivity (Wildman–Crippen MR) is 110 cm³/mol. The van der Waals surface area contributed by atoms with E-state index in [2.05, 4.69) is 10.9 Å². The van der Waals surface area contributed by atoms with Crippen LogP contribution < -0.4 is 10.9 Å². The van der Waals surface area contributed by atoms with E-state index in [4.69, 9.17) is 0 Å². The van der Waals surface area contributed by atoms with Crippen molar-refractivity contribution in [2.24, 2.45) is 0 Å². The van der Waals surface area contributed by atoms with Crippen LogP contribution in [0, 0.1) is 13.8 Å². The van der Waals surface area contributed by atoms with Crippen LogP contribution in [0.3, 0.4) is 0 Å². The molecule has 2 amide bonds. The van der Waals surface area contributed by atoms with Crippen LogP contribution in [-0.4, -0.2) is 20.9 Å². The second-order valence-corrected chi connectivity index (χ2v) is 6.96. The summed E-state index contributed by atoms with van der Waals surface area (Å²) in [5, 5.41) is 2.18. The summed E-state index contributed by atoms with van der Waals surface area (Å²) in [6.07, 6.45) is 0. The Hall–Kier alpha value is -3.54. The fraction of sp³-hybridized carbons (Fsp3) is 0.182. The van der Waals surface area contributed by atoms with E-state index in [0.29, 0.717) is 0 Å². The minimum atomic E-state index is -0.271. The topological polar surface area (TPSA) is 68.1 Å². The van der Waals surface area contributed by atoms with Crippen LogP contribution in [0.1, 0.15) is 11.4 Å². The highest BCUT2D eigenvalue weighted by Crippen LogP contribution is 2.19. The van der Waals surface area contributed by atoms with E-state index in [1.54, 1.807) is 0 Å². The smallest absolute Gasteiger partial charge is 0.258 e. The lowest BCUT2D eigenvalue weighted by Crippen LogP contribution is -2.44. The zero-order valence-corrected chi connectivity index (χ0v) is 15.9. The van der Waals surface area contributed by atoms with Gasteiger partial charge in [-0.25, -0.2) is 0 Å². The summed E-state index contributed by atoms with van der Waals surface area (Å²) in [4.78, 5) is 24.7. The molecular weight excluding hydrogens is 352 g/mol. The molecule has 0 aliphatic rings. The second kappa shape index (κ2) is 7.23. The van der Waals surface area contributed by atoms with Crippen LogP contribution in [0.15, 0.2) is 60.7 Å². The number of carbonyl (C=O) groups is 2. The van der Waals surface area contributed by atoms with Crippen LogP contribution in [0.2, 0.25) is 0 Å². The Labute approximate surface area is 162 Å². The molecule has 0 saturated carbocycles. The number of nitrogens with one attached hydrogen (secondary N) is 2. The van der Waals surface area contributed by atoms with Crippen molar-refractivity contribution < 1.29 is 9.59 Å². The molecule has 4 rings (SSSR count). The number of carbonyl (C=O) groups excluding carboxylic acids is 2. The first-order chi connectivity index (χ1) is 13.5. The maximum Gasteiger partial charge on any atom is 0.258 e. The van der Waals surface area contributed by atoms with Crippen LogP contribution >= 0.6 is 0 Å². The second-order valence-electron chi connectivity index (χ2n) is 6.96. The lowest BCUT2D eigenvalue weighted by molar-refractivity contribution is -0.129. The zero-order chi connectivity index (χ0) is 19.7. The number of amides is 2. The molecule has 6 nitrogen and oxygen atoms in total. The first kappa shape index (κ1) is 17.9. The van der Waals surface area contributed by atoms with E-state index < -0.39 is 0 Å². The Morgan fingerprint density at radius 3 is 1.54 bits per heavy atom. The van der Waals surface area contributed by atoms with Gasteiger partial charge < -0.3 is 9.13 Å². The largest absolute Gasteiger partial charge is 0.335 e. The van der Waals surface area contributed by atoms with E-state index in [1.807, 2.05) is 83.6 Å². The standard InChI is InChI=1S/C22H22N4O2/c1-15-11-17-7-3-5-9-19(17)25(15)13-21(27)23-24-22(28)14-26-16(2)12-18-8-4-6-10-20(18)26/h3-12H,13-14H2,1-2H3,(H,23,27)(H,24,28). The Morgan fingerprint density at radius 1 is 0.714 bits per heavy atom. The summed E-state index contributed by atoms with van der Waals surface area (Å²) < 4.78 is 3.86. The predicted octanol–water partition coefficient (Wildman–Crippen LogP) is 3.06. The Morgan fingerprint density at radius 2 is 1.11 bits per heavy atom. The molecule has 0 aliphatic carbocycles. The van der Waals surface area contributed by atoms with Crippen molar-refractivity contribution in [2.75, 3.05) is 0 Å². The minimum Gasteiger partial charge on any atom is -0.335 e. The molecule has 0 unspecified atom stereocenters. The highest BCUT2D eigenvalue weighted by atomic mass is 16.2. The fourth-order valence-corrected chi connectivity index (χ4v) is 3.62. The van der Waals surface area contributed by atoms with Crippen LogP contribution in [-0.2, 0) is 22.7 Å². The molecule has 2 aromatic carbocycles. The third-order valence-electron chi connectivity index (χ3n) is 4.98. The molecule has 2 heterocycles. The van der Waals surface area contributed by atoms with Crippen molar-refractivity contribution in [3.8, 4) is 0 Å². The van der Waals surface area contributed by atoms with Gasteiger partial charge in [-0.3, -0.25) is 20.4 Å². The summed E-state index contributed by atoms with van der Waals surface area (Å²) in [5.41, 5.74) is 9.03. The number of hydrogen-bond acceptors (Lipinski definition) is 2. The zero-order valence-electron chi connectivity index (χ0n) is 15.9. The van der Waals surface area contributed by atoms with E-state index in [0.717, 1.165) is 33.2 Å². The van der Waals surface area contributed by atoms with Crippen LogP contribution in [0.5, 0.6) is 0 Å². The van der Waals surface area contributed by atoms with Crippen molar-refractivity contribution in [3.63, 3.8) is 0 Å². The number of fused-ring (bicyclic) bond motifs is 2. The third kappa shape index (κ3) is 3.36. The number of aromatic nitrogens is 2. The molecule has 0 spiro atoms. The van der Waals surface area contributed by atoms with Gasteiger partial charge in [-0.1, -0.05) is 36.4 Å². The minimum absolute atomic E-state index is 0.144. The van der Waals surface area contributed by atoms with Crippen LogP contribution in [0.25, 0.3) is 21.8 Å². The molecule has 2 N–H and O–H groups in total. The SMILES string of the molecule is Cc1cc2ccccc2n1CC(=O)NNC(=O)Cn1c(C)cc2ccccc21. The van der Waals surface area contributed by atoms with Gasteiger partial charge in [0.15, 0.2) is 0 Å². The fourth-order valence-electron chi connectivity index (χ4n) is 3.62. The van der Waals surface area contributed by atoms with Gasteiger partial charge in [0.2, 0.25) is 0 Å². The Balaban J connectivity index is 1.40. The van der Waals surface area contributed by atoms with Gasteiger partial charge in [0.05, 0.1) is 0 Å². The summed E-state index contributed by atoms with van der Waals surface area (Å²) in [7, 11) is 0. The molecule has 0 fully saturated rings. The van der Waals surface area contributed by atoms with Gasteiger partial charge in [-0.2, -0.15) is 0 Å². The van der Waals surface area contributed by atoms with Crippen molar-refractivity contribution in [1.29, 1.82) is 0 Å². The molecule has 142 valence electrons. The monoisotopic (exact) mass is 374 g/mol. The van der Waals surface area contributed by atoms with Crippen molar-refractivity contribution in [1.82, 2.24) is 20.0 Å². The number of aryl methyl sites for hydroxylation is 2. The van der Waals surface area contributed by atoms with Gasteiger partial charge >= 0.3 is 0 Å². The highest BCUT2D eigenvalue weighted by Gasteiger charge is 2.12. The van der Waals surface area contributed by atoms with E-state index in [1.165, 1.54) is 0 Å². The number of rotatable bonds is 4. The lowest BCUT2D eigenvalue weighted by Gasteiger charge is -2.12. The third-order valence-corrected chi connectivity index (χ3v) is 4.98. The average Bonchev–Trinajstić information content (AvgIpc) is 3.17. The van der Waals surface area contributed by atoms with Gasteiger partial charge in [0.25, 0.3) is 11.8 Å². The number of benzene rings is 2. The number of hydrazine groups is 1. The van der Waals surface area contributed by atoms with Gasteiger partial charge in [0, 0.05) is 22.4 Å². The number of hydrogen-bond donors (Lipinski definition) is 2. The van der Waals surface area contributed by atoms with Crippen molar-refractivity contribution >= 4 is 33.6 Å². The maximum absolute atomic E-state index is 12.3. The molecule has 0 aliphatic heterocycles. The number of nitrogens with zero attached hydrogens (tertiary/aromatic N) is 2. The molecule has 0 bridgehead atoms. The number of para-hydroxylation sites is 2. The van der Waals surface area contributed by atoms with E-state index in [-0.39, 0.29) is 24.9 Å². The van der Waals surface area contributed by atoms with E-state index >= 15 is 0 Å². The summed E-state index contributed by atoms with van der Waals surface area (Å²) >= 11 is 0. The maximum atomic E-state index is 12.3.